The smallest absolute Gasteiger partial charge is 0.416 e. The van der Waals surface area contributed by atoms with Gasteiger partial charge >= 0.3 is 12.2 Å². The minimum absolute atomic E-state index is 0.136. The second-order valence-corrected chi connectivity index (χ2v) is 6.29. The van der Waals surface area contributed by atoms with Gasteiger partial charge in [-0.3, -0.25) is 0 Å². The van der Waals surface area contributed by atoms with Gasteiger partial charge in [-0.15, -0.1) is 10.2 Å². The topological polar surface area (TPSA) is 85.4 Å². The van der Waals surface area contributed by atoms with E-state index in [-0.39, 0.29) is 18.8 Å². The highest BCUT2D eigenvalue weighted by atomic mass is 19.4. The van der Waals surface area contributed by atoms with E-state index in [9.17, 15) is 18.0 Å². The summed E-state index contributed by atoms with van der Waals surface area (Å²) in [5.41, 5.74) is 1.00. The lowest BCUT2D eigenvalue weighted by atomic mass is 10.1. The number of hydrogen-bond acceptors (Lipinski definition) is 5. The Kier molecular flexibility index (Phi) is 6.91. The highest BCUT2D eigenvalue weighted by molar-refractivity contribution is 5.89. The van der Waals surface area contributed by atoms with E-state index in [4.69, 9.17) is 9.47 Å². The molecule has 0 unspecified atom stereocenters. The standard InChI is InChI=1S/C21H19F3N4O3/c1-30-17-8-2-14(3-9-17)18-10-11-19(28-27-18)31-13-12-25-20(29)26-16-6-4-15(5-7-16)21(22,23)24/h2-11H,12-13H2,1H3,(H2,25,26,29). The van der Waals surface area contributed by atoms with Gasteiger partial charge in [-0.25, -0.2) is 4.79 Å². The first-order valence-electron chi connectivity index (χ1n) is 9.18. The van der Waals surface area contributed by atoms with Crippen molar-refractivity contribution in [2.24, 2.45) is 0 Å². The third kappa shape index (κ3) is 6.33. The summed E-state index contributed by atoms with van der Waals surface area (Å²) in [7, 11) is 1.59. The molecule has 2 aromatic carbocycles. The average molecular weight is 432 g/mol. The summed E-state index contributed by atoms with van der Waals surface area (Å²) in [6, 6.07) is 14.4. The molecule has 3 rings (SSSR count). The van der Waals surface area contributed by atoms with Gasteiger partial charge in [-0.1, -0.05) is 0 Å². The lowest BCUT2D eigenvalue weighted by molar-refractivity contribution is -0.137. The van der Waals surface area contributed by atoms with Gasteiger partial charge in [0.15, 0.2) is 0 Å². The van der Waals surface area contributed by atoms with Crippen LogP contribution < -0.4 is 20.1 Å². The number of aromatic nitrogens is 2. The lowest BCUT2D eigenvalue weighted by Gasteiger charge is -2.10. The molecule has 2 amide bonds. The lowest BCUT2D eigenvalue weighted by Crippen LogP contribution is -2.32. The van der Waals surface area contributed by atoms with E-state index < -0.39 is 17.8 Å². The molecular formula is C21H19F3N4O3. The van der Waals surface area contributed by atoms with Crippen molar-refractivity contribution in [3.63, 3.8) is 0 Å². The van der Waals surface area contributed by atoms with Crippen molar-refractivity contribution in [1.29, 1.82) is 0 Å². The number of halogens is 3. The maximum Gasteiger partial charge on any atom is 0.416 e. The number of rotatable bonds is 7. The van der Waals surface area contributed by atoms with Gasteiger partial charge in [0.2, 0.25) is 5.88 Å². The van der Waals surface area contributed by atoms with Crippen LogP contribution in [-0.2, 0) is 6.18 Å². The Morgan fingerprint density at radius 2 is 1.68 bits per heavy atom. The van der Waals surface area contributed by atoms with Gasteiger partial charge in [0.1, 0.15) is 12.4 Å². The molecule has 0 radical (unpaired) electrons. The van der Waals surface area contributed by atoms with Gasteiger partial charge < -0.3 is 20.1 Å². The molecule has 3 aromatic rings. The molecule has 0 saturated heterocycles. The predicted molar refractivity (Wildman–Crippen MR) is 108 cm³/mol. The number of anilines is 1. The van der Waals surface area contributed by atoms with Crippen molar-refractivity contribution in [3.05, 3.63) is 66.2 Å². The van der Waals surface area contributed by atoms with Crippen LogP contribution in [0.1, 0.15) is 5.56 Å². The number of nitrogens with zero attached hydrogens (tertiary/aromatic N) is 2. The highest BCUT2D eigenvalue weighted by Gasteiger charge is 2.29. The summed E-state index contributed by atoms with van der Waals surface area (Å²) < 4.78 is 48.1. The van der Waals surface area contributed by atoms with E-state index in [0.29, 0.717) is 11.6 Å². The van der Waals surface area contributed by atoms with E-state index >= 15 is 0 Å². The molecule has 0 aliphatic carbocycles. The predicted octanol–water partition coefficient (Wildman–Crippen LogP) is 4.37. The van der Waals surface area contributed by atoms with Gasteiger partial charge in [0.05, 0.1) is 24.9 Å². The third-order valence-electron chi connectivity index (χ3n) is 4.13. The fourth-order valence-corrected chi connectivity index (χ4v) is 2.55. The first-order valence-corrected chi connectivity index (χ1v) is 9.18. The van der Waals surface area contributed by atoms with Crippen LogP contribution in [0.15, 0.2) is 60.7 Å². The summed E-state index contributed by atoms with van der Waals surface area (Å²) in [5.74, 6) is 1.04. The number of nitrogens with one attached hydrogen (secondary N) is 2. The first kappa shape index (κ1) is 21.9. The van der Waals surface area contributed by atoms with E-state index in [1.165, 1.54) is 12.1 Å². The minimum Gasteiger partial charge on any atom is -0.497 e. The van der Waals surface area contributed by atoms with Gasteiger partial charge in [0, 0.05) is 17.3 Å². The SMILES string of the molecule is COc1ccc(-c2ccc(OCCNC(=O)Nc3ccc(C(F)(F)F)cc3)nn2)cc1. The largest absolute Gasteiger partial charge is 0.497 e. The molecule has 0 aliphatic heterocycles. The van der Waals surface area contributed by atoms with Crippen LogP contribution in [-0.4, -0.2) is 36.5 Å². The second kappa shape index (κ2) is 9.79. The van der Waals surface area contributed by atoms with Crippen molar-refractivity contribution in [2.75, 3.05) is 25.6 Å². The number of ether oxygens (including phenoxy) is 2. The molecule has 31 heavy (non-hydrogen) atoms. The van der Waals surface area contributed by atoms with Crippen LogP contribution in [0.3, 0.4) is 0 Å². The van der Waals surface area contributed by atoms with Gasteiger partial charge in [-0.2, -0.15) is 13.2 Å². The third-order valence-corrected chi connectivity index (χ3v) is 4.13. The zero-order valence-corrected chi connectivity index (χ0v) is 16.4. The minimum atomic E-state index is -4.42. The summed E-state index contributed by atoms with van der Waals surface area (Å²) >= 11 is 0. The second-order valence-electron chi connectivity index (χ2n) is 6.29. The van der Waals surface area contributed by atoms with Crippen LogP contribution >= 0.6 is 0 Å². The molecule has 0 aliphatic rings. The molecule has 7 nitrogen and oxygen atoms in total. The molecule has 0 fully saturated rings. The average Bonchev–Trinajstić information content (AvgIpc) is 2.77. The molecule has 0 atom stereocenters. The number of alkyl halides is 3. The van der Waals surface area contributed by atoms with Crippen molar-refractivity contribution in [1.82, 2.24) is 15.5 Å². The monoisotopic (exact) mass is 432 g/mol. The first-order chi connectivity index (χ1) is 14.8. The van der Waals surface area contributed by atoms with Crippen LogP contribution in [0.4, 0.5) is 23.7 Å². The molecule has 1 aromatic heterocycles. The Balaban J connectivity index is 1.41. The van der Waals surface area contributed by atoms with E-state index in [2.05, 4.69) is 20.8 Å². The van der Waals surface area contributed by atoms with Crippen molar-refractivity contribution >= 4 is 11.7 Å². The number of methoxy groups -OCH3 is 1. The van der Waals surface area contributed by atoms with E-state index in [1.54, 1.807) is 19.2 Å². The van der Waals surface area contributed by atoms with E-state index in [0.717, 1.165) is 23.4 Å². The number of carbonyl (C=O) groups excluding carboxylic acids is 1. The van der Waals surface area contributed by atoms with Gasteiger partial charge in [-0.05, 0) is 54.6 Å². The molecule has 10 heteroatoms. The van der Waals surface area contributed by atoms with Crippen LogP contribution in [0.5, 0.6) is 11.6 Å². The number of benzene rings is 2. The van der Waals surface area contributed by atoms with Crippen LogP contribution in [0.25, 0.3) is 11.3 Å². The molecule has 0 saturated carbocycles. The summed E-state index contributed by atoms with van der Waals surface area (Å²) in [6.45, 7) is 0.297. The maximum atomic E-state index is 12.5. The summed E-state index contributed by atoms with van der Waals surface area (Å²) in [4.78, 5) is 11.8. The number of urea groups is 1. The Labute approximate surface area is 176 Å². The van der Waals surface area contributed by atoms with Crippen LogP contribution in [0.2, 0.25) is 0 Å². The molecule has 0 bridgehead atoms. The summed E-state index contributed by atoms with van der Waals surface area (Å²) in [5, 5.41) is 13.1. The molecular weight excluding hydrogens is 413 g/mol. The summed E-state index contributed by atoms with van der Waals surface area (Å²) in [6.07, 6.45) is -4.42. The van der Waals surface area contributed by atoms with Gasteiger partial charge in [0.25, 0.3) is 0 Å². The zero-order valence-electron chi connectivity index (χ0n) is 16.4. The Bertz CT molecular complexity index is 992. The quantitative estimate of drug-likeness (QED) is 0.542. The van der Waals surface area contributed by atoms with Crippen molar-refractivity contribution in [2.45, 2.75) is 6.18 Å². The van der Waals surface area contributed by atoms with Crippen LogP contribution in [0, 0.1) is 0 Å². The molecule has 0 spiro atoms. The Morgan fingerprint density at radius 3 is 2.26 bits per heavy atom. The number of amides is 2. The highest BCUT2D eigenvalue weighted by Crippen LogP contribution is 2.29. The zero-order chi connectivity index (χ0) is 22.3. The number of hydrogen-bond donors (Lipinski definition) is 2. The number of carbonyl (C=O) groups is 1. The molecule has 162 valence electrons. The van der Waals surface area contributed by atoms with E-state index in [1.807, 2.05) is 24.3 Å². The molecule has 1 heterocycles. The van der Waals surface area contributed by atoms with Crippen molar-refractivity contribution in [3.8, 4) is 22.9 Å². The maximum absolute atomic E-state index is 12.5. The Hall–Kier alpha value is -3.82. The normalized spacial score (nSPS) is 11.0. The van der Waals surface area contributed by atoms with Crippen molar-refractivity contribution < 1.29 is 27.4 Å². The fourth-order valence-electron chi connectivity index (χ4n) is 2.55. The Morgan fingerprint density at radius 1 is 0.968 bits per heavy atom. The fraction of sp³-hybridized carbons (Fsp3) is 0.190. The molecule has 2 N–H and O–H groups in total.